The van der Waals surface area contributed by atoms with Crippen molar-refractivity contribution < 1.29 is 8.78 Å². The van der Waals surface area contributed by atoms with Crippen LogP contribution in [0, 0.1) is 11.6 Å². The number of benzene rings is 1. The molecule has 0 fully saturated rings. The molecular weight excluding hydrogens is 268 g/mol. The van der Waals surface area contributed by atoms with Gasteiger partial charge in [-0.2, -0.15) is 0 Å². The molecule has 0 unspecified atom stereocenters. The van der Waals surface area contributed by atoms with Gasteiger partial charge >= 0.3 is 5.69 Å². The Morgan fingerprint density at radius 1 is 1.10 bits per heavy atom. The number of nitrogens with one attached hydrogen (secondary N) is 1. The molecule has 20 heavy (non-hydrogen) atoms. The second-order valence-electron chi connectivity index (χ2n) is 4.35. The first-order valence-electron chi connectivity index (χ1n) is 5.85. The van der Waals surface area contributed by atoms with Gasteiger partial charge in [0.1, 0.15) is 11.6 Å². The summed E-state index contributed by atoms with van der Waals surface area (Å²) in [5.74, 6) is -1.41. The molecule has 1 aromatic carbocycles. The van der Waals surface area contributed by atoms with Crippen LogP contribution in [0.1, 0.15) is 5.69 Å². The van der Waals surface area contributed by atoms with Crippen LogP contribution in [-0.4, -0.2) is 9.13 Å². The zero-order valence-electron chi connectivity index (χ0n) is 11.0. The monoisotopic (exact) mass is 281 g/mol. The van der Waals surface area contributed by atoms with Gasteiger partial charge in [0.05, 0.1) is 12.2 Å². The fraction of sp³-hybridized carbons (Fsp3) is 0.231. The van der Waals surface area contributed by atoms with E-state index in [4.69, 9.17) is 0 Å². The van der Waals surface area contributed by atoms with Gasteiger partial charge in [-0.05, 0) is 12.1 Å². The number of rotatable bonds is 3. The topological polar surface area (TPSA) is 56.0 Å². The molecule has 0 radical (unpaired) electrons. The summed E-state index contributed by atoms with van der Waals surface area (Å²) < 4.78 is 28.5. The molecule has 7 heteroatoms. The van der Waals surface area contributed by atoms with Crippen LogP contribution in [0.15, 0.2) is 33.9 Å². The van der Waals surface area contributed by atoms with Crippen LogP contribution >= 0.6 is 0 Å². The smallest absolute Gasteiger partial charge is 0.330 e. The van der Waals surface area contributed by atoms with Crippen molar-refractivity contribution in [3.05, 3.63) is 62.4 Å². The van der Waals surface area contributed by atoms with Crippen molar-refractivity contribution in [2.45, 2.75) is 6.54 Å². The summed E-state index contributed by atoms with van der Waals surface area (Å²) in [5, 5.41) is 2.72. The first-order valence-corrected chi connectivity index (χ1v) is 5.85. The lowest BCUT2D eigenvalue weighted by atomic mass is 10.3. The van der Waals surface area contributed by atoms with Crippen LogP contribution in [0.25, 0.3) is 0 Å². The Labute approximate surface area is 113 Å². The van der Waals surface area contributed by atoms with Gasteiger partial charge < -0.3 is 5.32 Å². The zero-order valence-corrected chi connectivity index (χ0v) is 11.0. The van der Waals surface area contributed by atoms with E-state index in [9.17, 15) is 18.4 Å². The minimum atomic E-state index is -0.737. The fourth-order valence-corrected chi connectivity index (χ4v) is 1.77. The third-order valence-corrected chi connectivity index (χ3v) is 3.02. The van der Waals surface area contributed by atoms with Crippen LogP contribution in [0.4, 0.5) is 14.5 Å². The quantitative estimate of drug-likeness (QED) is 0.912. The van der Waals surface area contributed by atoms with Gasteiger partial charge in [0.2, 0.25) is 0 Å². The molecule has 1 aromatic heterocycles. The predicted octanol–water partition coefficient (Wildman–Crippen LogP) is 0.974. The highest BCUT2D eigenvalue weighted by Crippen LogP contribution is 2.15. The van der Waals surface area contributed by atoms with Gasteiger partial charge in [-0.25, -0.2) is 13.6 Å². The summed E-state index contributed by atoms with van der Waals surface area (Å²) in [5.41, 5.74) is -0.403. The lowest BCUT2D eigenvalue weighted by Crippen LogP contribution is -2.38. The number of hydrogen-bond donors (Lipinski definition) is 1. The molecule has 0 aliphatic rings. The van der Waals surface area contributed by atoms with Crippen LogP contribution < -0.4 is 16.6 Å². The molecule has 0 spiro atoms. The summed E-state index contributed by atoms with van der Waals surface area (Å²) in [6, 6.07) is 4.42. The average molecular weight is 281 g/mol. The van der Waals surface area contributed by atoms with E-state index >= 15 is 0 Å². The molecule has 0 aliphatic heterocycles. The van der Waals surface area contributed by atoms with Crippen LogP contribution in [0.2, 0.25) is 0 Å². The fourth-order valence-electron chi connectivity index (χ4n) is 1.77. The van der Waals surface area contributed by atoms with Crippen LogP contribution in [-0.2, 0) is 20.6 Å². The molecule has 1 heterocycles. The number of halogens is 2. The molecular formula is C13H13F2N3O2. The van der Waals surface area contributed by atoms with Crippen molar-refractivity contribution >= 4 is 5.69 Å². The second-order valence-corrected chi connectivity index (χ2v) is 4.35. The maximum Gasteiger partial charge on any atom is 0.330 e. The highest BCUT2D eigenvalue weighted by Gasteiger charge is 2.07. The molecule has 5 nitrogen and oxygen atoms in total. The Balaban J connectivity index is 2.28. The maximum atomic E-state index is 13.4. The zero-order chi connectivity index (χ0) is 14.9. The van der Waals surface area contributed by atoms with Gasteiger partial charge in [0.15, 0.2) is 0 Å². The van der Waals surface area contributed by atoms with Crippen LogP contribution in [0.5, 0.6) is 0 Å². The van der Waals surface area contributed by atoms with Crippen molar-refractivity contribution in [2.75, 3.05) is 5.32 Å². The normalized spacial score (nSPS) is 10.6. The lowest BCUT2D eigenvalue weighted by Gasteiger charge is -2.11. The second kappa shape index (κ2) is 5.28. The Morgan fingerprint density at radius 2 is 1.80 bits per heavy atom. The van der Waals surface area contributed by atoms with Crippen LogP contribution in [0.3, 0.4) is 0 Å². The number of aromatic nitrogens is 2. The van der Waals surface area contributed by atoms with E-state index in [1.807, 2.05) is 0 Å². The van der Waals surface area contributed by atoms with E-state index in [1.54, 1.807) is 0 Å². The van der Waals surface area contributed by atoms with E-state index in [0.29, 0.717) is 5.69 Å². The number of hydrogen-bond acceptors (Lipinski definition) is 3. The Morgan fingerprint density at radius 3 is 2.45 bits per heavy atom. The van der Waals surface area contributed by atoms with E-state index in [2.05, 4.69) is 5.32 Å². The largest absolute Gasteiger partial charge is 0.377 e. The molecule has 0 atom stereocenters. The Bertz CT molecular complexity index is 765. The van der Waals surface area contributed by atoms with Gasteiger partial charge in [-0.1, -0.05) is 0 Å². The van der Waals surface area contributed by atoms with E-state index < -0.39 is 22.9 Å². The third-order valence-electron chi connectivity index (χ3n) is 3.02. The van der Waals surface area contributed by atoms with Crippen molar-refractivity contribution in [1.82, 2.24) is 9.13 Å². The predicted molar refractivity (Wildman–Crippen MR) is 70.6 cm³/mol. The minimum absolute atomic E-state index is 0.0738. The molecule has 1 N–H and O–H groups in total. The average Bonchev–Trinajstić information content (AvgIpc) is 2.40. The summed E-state index contributed by atoms with van der Waals surface area (Å²) in [6.07, 6.45) is 0. The van der Waals surface area contributed by atoms with Gasteiger partial charge in [0.25, 0.3) is 5.56 Å². The molecule has 0 bridgehead atoms. The molecule has 0 amide bonds. The van der Waals surface area contributed by atoms with Gasteiger partial charge in [-0.3, -0.25) is 13.9 Å². The van der Waals surface area contributed by atoms with Crippen molar-refractivity contribution in [2.24, 2.45) is 14.1 Å². The molecule has 106 valence electrons. The van der Waals surface area contributed by atoms with E-state index in [0.717, 1.165) is 16.7 Å². The highest BCUT2D eigenvalue weighted by atomic mass is 19.1. The third kappa shape index (κ3) is 2.61. The maximum absolute atomic E-state index is 13.4. The summed E-state index contributed by atoms with van der Waals surface area (Å²) >= 11 is 0. The Kier molecular flexibility index (Phi) is 3.69. The Hall–Kier alpha value is -2.44. The van der Waals surface area contributed by atoms with Crippen molar-refractivity contribution in [1.29, 1.82) is 0 Å². The van der Waals surface area contributed by atoms with Crippen molar-refractivity contribution in [3.63, 3.8) is 0 Å². The first-order chi connectivity index (χ1) is 9.40. The summed E-state index contributed by atoms with van der Waals surface area (Å²) in [7, 11) is 2.89. The van der Waals surface area contributed by atoms with E-state index in [1.165, 1.54) is 30.8 Å². The van der Waals surface area contributed by atoms with Gasteiger partial charge in [-0.15, -0.1) is 0 Å². The minimum Gasteiger partial charge on any atom is -0.377 e. The summed E-state index contributed by atoms with van der Waals surface area (Å²) in [4.78, 5) is 23.2. The van der Waals surface area contributed by atoms with E-state index in [-0.39, 0.29) is 12.2 Å². The molecule has 0 aliphatic carbocycles. The standard InChI is InChI=1S/C13H13F2N3O2/c1-17-9(6-12(19)18(2)13(17)20)7-16-11-4-3-8(14)5-10(11)15/h3-6,16H,7H2,1-2H3. The summed E-state index contributed by atoms with van der Waals surface area (Å²) in [6.45, 7) is 0.0738. The first kappa shape index (κ1) is 14.0. The lowest BCUT2D eigenvalue weighted by molar-refractivity contribution is 0.584. The molecule has 2 aromatic rings. The number of anilines is 1. The van der Waals surface area contributed by atoms with Crippen molar-refractivity contribution in [3.8, 4) is 0 Å². The van der Waals surface area contributed by atoms with Gasteiger partial charge in [0, 0.05) is 31.9 Å². The molecule has 2 rings (SSSR count). The highest BCUT2D eigenvalue weighted by molar-refractivity contribution is 5.44. The molecule has 0 saturated heterocycles. The molecule has 0 saturated carbocycles. The number of nitrogens with zero attached hydrogens (tertiary/aromatic N) is 2. The SMILES string of the molecule is Cn1c(CNc2ccc(F)cc2F)cc(=O)n(C)c1=O.